The van der Waals surface area contributed by atoms with E-state index in [2.05, 4.69) is 5.32 Å². The lowest BCUT2D eigenvalue weighted by atomic mass is 10.1. The topological polar surface area (TPSA) is 75.7 Å². The summed E-state index contributed by atoms with van der Waals surface area (Å²) in [4.78, 5) is 41.0. The number of esters is 1. The molecule has 9 heteroatoms. The first-order valence-corrected chi connectivity index (χ1v) is 10.6. The minimum atomic E-state index is -0.606. The van der Waals surface area contributed by atoms with Crippen LogP contribution in [0.4, 0.5) is 15.8 Å². The molecule has 1 N–H and O–H groups in total. The van der Waals surface area contributed by atoms with Crippen LogP contribution in [0.2, 0.25) is 5.02 Å². The van der Waals surface area contributed by atoms with Crippen LogP contribution in [0.25, 0.3) is 0 Å². The van der Waals surface area contributed by atoms with Crippen LogP contribution in [0.1, 0.15) is 20.7 Å². The summed E-state index contributed by atoms with van der Waals surface area (Å²) in [5.41, 5.74) is 1.39. The summed E-state index contributed by atoms with van der Waals surface area (Å²) in [7, 11) is 1.27. The molecule has 4 rings (SSSR count). The lowest BCUT2D eigenvalue weighted by Gasteiger charge is -2.23. The van der Waals surface area contributed by atoms with Crippen LogP contribution in [0.15, 0.2) is 70.5 Å². The maximum absolute atomic E-state index is 13.4. The third-order valence-electron chi connectivity index (χ3n) is 4.76. The van der Waals surface area contributed by atoms with Gasteiger partial charge in [0.15, 0.2) is 0 Å². The minimum absolute atomic E-state index is 0.132. The summed E-state index contributed by atoms with van der Waals surface area (Å²) in [6.45, 7) is -0.333. The van der Waals surface area contributed by atoms with E-state index in [1.165, 1.54) is 42.0 Å². The Bertz CT molecular complexity index is 1250. The van der Waals surface area contributed by atoms with Gasteiger partial charge < -0.3 is 10.1 Å². The number of fused-ring (bicyclic) bond motifs is 2. The minimum Gasteiger partial charge on any atom is -0.465 e. The van der Waals surface area contributed by atoms with Gasteiger partial charge in [0.1, 0.15) is 12.4 Å². The highest BCUT2D eigenvalue weighted by Gasteiger charge is 2.29. The Morgan fingerprint density at radius 2 is 1.88 bits per heavy atom. The standard InChI is InChI=1S/C23H16ClFN2O4S/c1-31-23(30)13-6-9-20-18(10-13)27(22(29)15-4-2-3-5-19(15)32-20)12-21(28)26-14-7-8-17(25)16(24)11-14/h2-11H,12H2,1H3,(H,26,28). The molecule has 162 valence electrons. The number of amides is 2. The number of anilines is 2. The Morgan fingerprint density at radius 1 is 1.09 bits per heavy atom. The van der Waals surface area contributed by atoms with Crippen molar-refractivity contribution in [2.24, 2.45) is 0 Å². The second-order valence-electron chi connectivity index (χ2n) is 6.84. The number of carbonyl (C=O) groups excluding carboxylic acids is 3. The van der Waals surface area contributed by atoms with Crippen molar-refractivity contribution in [1.82, 2.24) is 0 Å². The van der Waals surface area contributed by atoms with Crippen LogP contribution < -0.4 is 10.2 Å². The van der Waals surface area contributed by atoms with Crippen molar-refractivity contribution in [2.75, 3.05) is 23.9 Å². The second-order valence-corrected chi connectivity index (χ2v) is 8.33. The fourth-order valence-corrected chi connectivity index (χ4v) is 4.48. The first kappa shape index (κ1) is 21.9. The fourth-order valence-electron chi connectivity index (χ4n) is 3.24. The van der Waals surface area contributed by atoms with Gasteiger partial charge in [-0.05, 0) is 48.5 Å². The molecular formula is C23H16ClFN2O4S. The van der Waals surface area contributed by atoms with E-state index in [4.69, 9.17) is 16.3 Å². The van der Waals surface area contributed by atoms with Crippen molar-refractivity contribution in [1.29, 1.82) is 0 Å². The van der Waals surface area contributed by atoms with Gasteiger partial charge in [0.2, 0.25) is 5.91 Å². The maximum atomic E-state index is 13.4. The summed E-state index contributed by atoms with van der Waals surface area (Å²) in [5, 5.41) is 2.49. The molecular weight excluding hydrogens is 455 g/mol. The van der Waals surface area contributed by atoms with Gasteiger partial charge in [-0.3, -0.25) is 14.5 Å². The highest BCUT2D eigenvalue weighted by Crippen LogP contribution is 2.41. The molecule has 0 saturated heterocycles. The monoisotopic (exact) mass is 470 g/mol. The van der Waals surface area contributed by atoms with E-state index in [0.29, 0.717) is 21.8 Å². The van der Waals surface area contributed by atoms with Gasteiger partial charge in [0.25, 0.3) is 5.91 Å². The molecule has 6 nitrogen and oxygen atoms in total. The predicted molar refractivity (Wildman–Crippen MR) is 120 cm³/mol. The molecule has 0 spiro atoms. The van der Waals surface area contributed by atoms with Crippen molar-refractivity contribution in [2.45, 2.75) is 9.79 Å². The Kier molecular flexibility index (Phi) is 6.16. The van der Waals surface area contributed by atoms with Crippen molar-refractivity contribution in [3.05, 3.63) is 82.6 Å². The number of rotatable bonds is 4. The molecule has 0 aliphatic carbocycles. The summed E-state index contributed by atoms with van der Waals surface area (Å²) < 4.78 is 18.2. The molecule has 3 aromatic rings. The molecule has 0 bridgehead atoms. The van der Waals surface area contributed by atoms with Crippen LogP contribution in [-0.2, 0) is 9.53 Å². The number of benzene rings is 3. The zero-order valence-electron chi connectivity index (χ0n) is 16.7. The van der Waals surface area contributed by atoms with Gasteiger partial charge in [-0.1, -0.05) is 35.5 Å². The van der Waals surface area contributed by atoms with Gasteiger partial charge in [0.05, 0.1) is 28.9 Å². The van der Waals surface area contributed by atoms with E-state index < -0.39 is 17.7 Å². The number of hydrogen-bond donors (Lipinski definition) is 1. The number of ether oxygens (including phenoxy) is 1. The fraction of sp³-hybridized carbons (Fsp3) is 0.0870. The summed E-state index contributed by atoms with van der Waals surface area (Å²) in [6, 6.07) is 15.7. The Balaban J connectivity index is 1.71. The van der Waals surface area contributed by atoms with Gasteiger partial charge in [-0.25, -0.2) is 9.18 Å². The van der Waals surface area contributed by atoms with E-state index in [-0.39, 0.29) is 23.0 Å². The average Bonchev–Trinajstić information content (AvgIpc) is 2.90. The second kappa shape index (κ2) is 9.02. The molecule has 1 aliphatic heterocycles. The van der Waals surface area contributed by atoms with E-state index >= 15 is 0 Å². The van der Waals surface area contributed by atoms with Crippen LogP contribution >= 0.6 is 23.4 Å². The van der Waals surface area contributed by atoms with E-state index in [1.807, 2.05) is 12.1 Å². The van der Waals surface area contributed by atoms with Crippen LogP contribution in [0.3, 0.4) is 0 Å². The smallest absolute Gasteiger partial charge is 0.337 e. The van der Waals surface area contributed by atoms with Crippen LogP contribution in [0.5, 0.6) is 0 Å². The molecule has 32 heavy (non-hydrogen) atoms. The summed E-state index contributed by atoms with van der Waals surface area (Å²) in [6.07, 6.45) is 0. The van der Waals surface area contributed by atoms with Crippen molar-refractivity contribution < 1.29 is 23.5 Å². The molecule has 2 amide bonds. The zero-order chi connectivity index (χ0) is 22.8. The number of methoxy groups -OCH3 is 1. The Labute approximate surface area is 192 Å². The van der Waals surface area contributed by atoms with Crippen molar-refractivity contribution in [3.63, 3.8) is 0 Å². The molecule has 3 aromatic carbocycles. The van der Waals surface area contributed by atoms with Gasteiger partial charge in [0, 0.05) is 15.5 Å². The van der Waals surface area contributed by atoms with Crippen LogP contribution in [-0.4, -0.2) is 31.4 Å². The van der Waals surface area contributed by atoms with Gasteiger partial charge in [-0.2, -0.15) is 0 Å². The van der Waals surface area contributed by atoms with Crippen LogP contribution in [0, 0.1) is 5.82 Å². The number of nitrogens with one attached hydrogen (secondary N) is 1. The molecule has 1 heterocycles. The van der Waals surface area contributed by atoms with E-state index in [0.717, 1.165) is 11.0 Å². The highest BCUT2D eigenvalue weighted by atomic mass is 35.5. The third kappa shape index (κ3) is 4.32. The molecule has 0 fully saturated rings. The maximum Gasteiger partial charge on any atom is 0.337 e. The lowest BCUT2D eigenvalue weighted by Crippen LogP contribution is -2.38. The predicted octanol–water partition coefficient (Wildman–Crippen LogP) is 5.02. The number of hydrogen-bond acceptors (Lipinski definition) is 5. The zero-order valence-corrected chi connectivity index (χ0v) is 18.3. The SMILES string of the molecule is COC(=O)c1ccc2c(c1)N(CC(=O)Nc1ccc(F)c(Cl)c1)C(=O)c1ccccc1S2. The largest absolute Gasteiger partial charge is 0.465 e. The third-order valence-corrected chi connectivity index (χ3v) is 6.19. The number of halogens is 2. The van der Waals surface area contributed by atoms with E-state index in [9.17, 15) is 18.8 Å². The molecule has 1 aliphatic rings. The summed E-state index contributed by atoms with van der Waals surface area (Å²) in [5.74, 6) is -2.07. The average molecular weight is 471 g/mol. The first-order valence-electron chi connectivity index (χ1n) is 9.43. The highest BCUT2D eigenvalue weighted by molar-refractivity contribution is 7.99. The number of nitrogens with zero attached hydrogens (tertiary/aromatic N) is 1. The molecule has 0 aromatic heterocycles. The quantitative estimate of drug-likeness (QED) is 0.542. The lowest BCUT2D eigenvalue weighted by molar-refractivity contribution is -0.114. The van der Waals surface area contributed by atoms with Gasteiger partial charge >= 0.3 is 5.97 Å². The van der Waals surface area contributed by atoms with E-state index in [1.54, 1.807) is 24.3 Å². The van der Waals surface area contributed by atoms with Crippen molar-refractivity contribution >= 4 is 52.5 Å². The first-order chi connectivity index (χ1) is 15.4. The summed E-state index contributed by atoms with van der Waals surface area (Å²) >= 11 is 7.15. The molecule has 0 atom stereocenters. The normalized spacial score (nSPS) is 12.5. The number of carbonyl (C=O) groups is 3. The Morgan fingerprint density at radius 3 is 2.62 bits per heavy atom. The van der Waals surface area contributed by atoms with Gasteiger partial charge in [-0.15, -0.1) is 0 Å². The molecule has 0 saturated carbocycles. The Hall–Kier alpha value is -3.36. The van der Waals surface area contributed by atoms with Crippen molar-refractivity contribution in [3.8, 4) is 0 Å². The molecule has 0 unspecified atom stereocenters. The molecule has 0 radical (unpaired) electrons.